The monoisotopic (exact) mass is 286 g/mol. The van der Waals surface area contributed by atoms with Crippen LogP contribution in [-0.4, -0.2) is 28.9 Å². The van der Waals surface area contributed by atoms with Gasteiger partial charge in [0.25, 0.3) is 0 Å². The lowest BCUT2D eigenvalue weighted by molar-refractivity contribution is 1.06. The van der Waals surface area contributed by atoms with Gasteiger partial charge < -0.3 is 0 Å². The zero-order chi connectivity index (χ0) is 14.5. The molecule has 6 nitrogen and oxygen atoms in total. The van der Waals surface area contributed by atoms with E-state index in [0.717, 1.165) is 33.4 Å². The second-order valence-corrected chi connectivity index (χ2v) is 5.03. The highest BCUT2D eigenvalue weighted by atomic mass is 15.2. The van der Waals surface area contributed by atoms with Crippen molar-refractivity contribution in [2.24, 2.45) is 0 Å². The molecule has 5 aromatic rings. The van der Waals surface area contributed by atoms with Gasteiger partial charge in [-0.3, -0.25) is 23.9 Å². The molecule has 0 N–H and O–H groups in total. The van der Waals surface area contributed by atoms with Gasteiger partial charge in [-0.2, -0.15) is 0 Å². The number of aromatic nitrogens is 6. The van der Waals surface area contributed by atoms with Crippen LogP contribution in [0.2, 0.25) is 0 Å². The molecule has 6 heteroatoms. The largest absolute Gasteiger partial charge is 0.292 e. The van der Waals surface area contributed by atoms with Gasteiger partial charge in [-0.25, -0.2) is 4.98 Å². The second kappa shape index (κ2) is 4.11. The SMILES string of the molecule is c1cncc(-n2c3ccncc3c3nc4cnccn4c32)c1. The van der Waals surface area contributed by atoms with Crippen LogP contribution in [0.4, 0.5) is 0 Å². The van der Waals surface area contributed by atoms with E-state index in [1.165, 1.54) is 0 Å². The smallest absolute Gasteiger partial charge is 0.157 e. The molecule has 22 heavy (non-hydrogen) atoms. The molecule has 5 aromatic heterocycles. The Hall–Kier alpha value is -3.28. The number of hydrogen-bond acceptors (Lipinski definition) is 4. The maximum absolute atomic E-state index is 4.71. The van der Waals surface area contributed by atoms with Gasteiger partial charge >= 0.3 is 0 Å². The van der Waals surface area contributed by atoms with E-state index in [1.807, 2.05) is 41.2 Å². The fraction of sp³-hybridized carbons (Fsp3) is 0. The Morgan fingerprint density at radius 1 is 0.864 bits per heavy atom. The molecule has 0 atom stereocenters. The van der Waals surface area contributed by atoms with Gasteiger partial charge in [0, 0.05) is 36.4 Å². The highest BCUT2D eigenvalue weighted by Crippen LogP contribution is 2.31. The fourth-order valence-corrected chi connectivity index (χ4v) is 2.91. The number of fused-ring (bicyclic) bond motifs is 5. The first-order valence-corrected chi connectivity index (χ1v) is 6.90. The molecule has 5 heterocycles. The Kier molecular flexibility index (Phi) is 2.13. The van der Waals surface area contributed by atoms with Crippen LogP contribution in [0.15, 0.2) is 61.6 Å². The van der Waals surface area contributed by atoms with Crippen LogP contribution in [-0.2, 0) is 0 Å². The molecular weight excluding hydrogens is 276 g/mol. The topological polar surface area (TPSA) is 60.9 Å². The van der Waals surface area contributed by atoms with Gasteiger partial charge in [-0.15, -0.1) is 0 Å². The number of pyridine rings is 2. The molecule has 0 amide bonds. The van der Waals surface area contributed by atoms with Crippen LogP contribution < -0.4 is 0 Å². The molecule has 0 spiro atoms. The predicted molar refractivity (Wildman–Crippen MR) is 82.9 cm³/mol. The summed E-state index contributed by atoms with van der Waals surface area (Å²) in [6.07, 6.45) is 12.7. The van der Waals surface area contributed by atoms with Crippen molar-refractivity contribution in [2.75, 3.05) is 0 Å². The molecule has 0 aliphatic rings. The van der Waals surface area contributed by atoms with E-state index in [9.17, 15) is 0 Å². The van der Waals surface area contributed by atoms with Gasteiger partial charge in [0.1, 0.15) is 5.52 Å². The second-order valence-electron chi connectivity index (χ2n) is 5.03. The molecule has 5 rings (SSSR count). The van der Waals surface area contributed by atoms with Gasteiger partial charge in [0.15, 0.2) is 11.3 Å². The lowest BCUT2D eigenvalue weighted by Gasteiger charge is -2.06. The van der Waals surface area contributed by atoms with Gasteiger partial charge in [0.05, 0.1) is 23.6 Å². The zero-order valence-electron chi connectivity index (χ0n) is 11.5. The third kappa shape index (κ3) is 1.38. The van der Waals surface area contributed by atoms with Crippen LogP contribution in [0.25, 0.3) is 33.4 Å². The van der Waals surface area contributed by atoms with E-state index in [0.29, 0.717) is 0 Å². The van der Waals surface area contributed by atoms with Gasteiger partial charge in [0.2, 0.25) is 0 Å². The Labute approximate surface area is 124 Å². The molecule has 0 radical (unpaired) electrons. The first kappa shape index (κ1) is 11.4. The summed E-state index contributed by atoms with van der Waals surface area (Å²) in [6.45, 7) is 0. The minimum Gasteiger partial charge on any atom is -0.292 e. The molecular formula is C16H10N6. The molecule has 0 saturated heterocycles. The maximum Gasteiger partial charge on any atom is 0.157 e. The predicted octanol–water partition coefficient (Wildman–Crippen LogP) is 2.62. The highest BCUT2D eigenvalue weighted by molar-refractivity contribution is 6.06. The van der Waals surface area contributed by atoms with Crippen LogP contribution in [0.3, 0.4) is 0 Å². The first-order valence-electron chi connectivity index (χ1n) is 6.90. The third-order valence-corrected chi connectivity index (χ3v) is 3.81. The molecule has 0 aliphatic heterocycles. The Morgan fingerprint density at radius 3 is 2.68 bits per heavy atom. The van der Waals surface area contributed by atoms with Crippen molar-refractivity contribution in [1.82, 2.24) is 28.9 Å². The van der Waals surface area contributed by atoms with E-state index >= 15 is 0 Å². The summed E-state index contributed by atoms with van der Waals surface area (Å²) in [7, 11) is 0. The Morgan fingerprint density at radius 2 is 1.77 bits per heavy atom. The number of rotatable bonds is 1. The van der Waals surface area contributed by atoms with Crippen molar-refractivity contribution in [1.29, 1.82) is 0 Å². The van der Waals surface area contributed by atoms with Gasteiger partial charge in [-0.1, -0.05) is 0 Å². The average Bonchev–Trinajstić information content (AvgIpc) is 3.10. The van der Waals surface area contributed by atoms with Crippen molar-refractivity contribution < 1.29 is 0 Å². The average molecular weight is 286 g/mol. The molecule has 0 aliphatic carbocycles. The number of imidazole rings is 1. The fourth-order valence-electron chi connectivity index (χ4n) is 2.91. The standard InChI is InChI=1S/C16H10N6/c1-2-11(8-17-4-1)22-13-3-5-18-9-12(13)15-16(22)21-7-6-19-10-14(21)20-15/h1-10H. The summed E-state index contributed by atoms with van der Waals surface area (Å²) >= 11 is 0. The lowest BCUT2D eigenvalue weighted by atomic mass is 10.3. The van der Waals surface area contributed by atoms with E-state index in [1.54, 1.807) is 24.8 Å². The zero-order valence-corrected chi connectivity index (χ0v) is 11.5. The summed E-state index contributed by atoms with van der Waals surface area (Å²) in [5.41, 5.74) is 4.78. The Bertz CT molecular complexity index is 1120. The summed E-state index contributed by atoms with van der Waals surface area (Å²) in [4.78, 5) is 17.3. The normalized spacial score (nSPS) is 11.6. The van der Waals surface area contributed by atoms with E-state index in [2.05, 4.69) is 19.5 Å². The summed E-state index contributed by atoms with van der Waals surface area (Å²) in [5.74, 6) is 0. The molecule has 0 unspecified atom stereocenters. The quantitative estimate of drug-likeness (QED) is 0.475. The minimum absolute atomic E-state index is 0.816. The Balaban J connectivity index is 2.08. The van der Waals surface area contributed by atoms with Gasteiger partial charge in [-0.05, 0) is 18.2 Å². The molecule has 104 valence electrons. The highest BCUT2D eigenvalue weighted by Gasteiger charge is 2.17. The van der Waals surface area contributed by atoms with Crippen molar-refractivity contribution in [3.8, 4) is 5.69 Å². The summed E-state index contributed by atoms with van der Waals surface area (Å²) < 4.78 is 4.19. The molecule has 0 aromatic carbocycles. The van der Waals surface area contributed by atoms with E-state index < -0.39 is 0 Å². The molecule has 0 fully saturated rings. The first-order chi connectivity index (χ1) is 10.9. The van der Waals surface area contributed by atoms with Crippen LogP contribution in [0.1, 0.15) is 0 Å². The van der Waals surface area contributed by atoms with Crippen molar-refractivity contribution in [3.63, 3.8) is 0 Å². The molecule has 0 saturated carbocycles. The van der Waals surface area contributed by atoms with Crippen molar-refractivity contribution in [3.05, 3.63) is 61.6 Å². The molecule has 0 bridgehead atoms. The summed E-state index contributed by atoms with van der Waals surface area (Å²) in [5, 5.41) is 1.02. The van der Waals surface area contributed by atoms with E-state index in [-0.39, 0.29) is 0 Å². The van der Waals surface area contributed by atoms with Crippen LogP contribution in [0, 0.1) is 0 Å². The van der Waals surface area contributed by atoms with E-state index in [4.69, 9.17) is 4.98 Å². The van der Waals surface area contributed by atoms with Crippen molar-refractivity contribution >= 4 is 27.7 Å². The van der Waals surface area contributed by atoms with Crippen molar-refractivity contribution in [2.45, 2.75) is 0 Å². The lowest BCUT2D eigenvalue weighted by Crippen LogP contribution is -1.97. The van der Waals surface area contributed by atoms with Crippen LogP contribution >= 0.6 is 0 Å². The summed E-state index contributed by atoms with van der Waals surface area (Å²) in [6, 6.07) is 5.96. The van der Waals surface area contributed by atoms with Crippen LogP contribution in [0.5, 0.6) is 0 Å². The minimum atomic E-state index is 0.816. The maximum atomic E-state index is 4.71. The number of hydrogen-bond donors (Lipinski definition) is 0. The third-order valence-electron chi connectivity index (χ3n) is 3.81. The number of nitrogens with zero attached hydrogens (tertiary/aromatic N) is 6.